The lowest BCUT2D eigenvalue weighted by molar-refractivity contribution is -0.141. The van der Waals surface area contributed by atoms with Crippen molar-refractivity contribution >= 4 is 11.9 Å². The average molecular weight is 228 g/mol. The molecule has 16 heavy (non-hydrogen) atoms. The molecule has 1 saturated heterocycles. The van der Waals surface area contributed by atoms with Crippen LogP contribution in [0, 0.1) is 0 Å². The zero-order valence-electron chi connectivity index (χ0n) is 9.12. The van der Waals surface area contributed by atoms with Crippen molar-refractivity contribution in [1.82, 2.24) is 10.6 Å². The highest BCUT2D eigenvalue weighted by Gasteiger charge is 2.22. The van der Waals surface area contributed by atoms with Crippen molar-refractivity contribution in [3.63, 3.8) is 0 Å². The average Bonchev–Trinajstić information content (AvgIpc) is 2.13. The lowest BCUT2D eigenvalue weighted by atomic mass is 10.0. The molecule has 4 N–H and O–H groups in total. The van der Waals surface area contributed by atoms with Crippen molar-refractivity contribution in [1.29, 1.82) is 0 Å². The number of hydrogen-bond donors (Lipinski definition) is 4. The fraction of sp³-hybridized carbons (Fsp3) is 0.600. The maximum atomic E-state index is 11.6. The first-order valence-electron chi connectivity index (χ1n) is 5.10. The van der Waals surface area contributed by atoms with E-state index >= 15 is 0 Å². The van der Waals surface area contributed by atoms with Gasteiger partial charge in [-0.2, -0.15) is 0 Å². The number of aliphatic hydroxyl groups excluding tert-OH is 1. The number of nitrogens with one attached hydrogen (secondary N) is 2. The molecule has 0 bridgehead atoms. The number of hydrogen-bond acceptors (Lipinski definition) is 4. The van der Waals surface area contributed by atoms with Gasteiger partial charge in [0.1, 0.15) is 6.04 Å². The van der Waals surface area contributed by atoms with Gasteiger partial charge in [0.05, 0.1) is 0 Å². The molecule has 0 unspecified atom stereocenters. The highest BCUT2D eigenvalue weighted by atomic mass is 16.4. The predicted molar refractivity (Wildman–Crippen MR) is 56.8 cm³/mol. The van der Waals surface area contributed by atoms with E-state index in [0.29, 0.717) is 18.7 Å². The van der Waals surface area contributed by atoms with Gasteiger partial charge in [0.2, 0.25) is 5.91 Å². The molecule has 6 nitrogen and oxygen atoms in total. The van der Waals surface area contributed by atoms with Gasteiger partial charge in [-0.3, -0.25) is 4.79 Å². The smallest absolute Gasteiger partial charge is 0.326 e. The fourth-order valence-corrected chi connectivity index (χ4v) is 1.33. The molecule has 1 heterocycles. The van der Waals surface area contributed by atoms with Gasteiger partial charge in [-0.05, 0) is 12.5 Å². The van der Waals surface area contributed by atoms with Crippen molar-refractivity contribution in [2.24, 2.45) is 0 Å². The number of aliphatic carboxylic acids is 1. The van der Waals surface area contributed by atoms with Crippen molar-refractivity contribution in [3.8, 4) is 0 Å². The molecular formula is C10H16N2O4. The minimum Gasteiger partial charge on any atom is -0.480 e. The van der Waals surface area contributed by atoms with E-state index < -0.39 is 12.0 Å². The van der Waals surface area contributed by atoms with Crippen LogP contribution in [0.25, 0.3) is 0 Å². The minimum atomic E-state index is -1.13. The Morgan fingerprint density at radius 2 is 2.12 bits per heavy atom. The lowest BCUT2D eigenvalue weighted by Crippen LogP contribution is -2.44. The SMILES string of the molecule is CC(C(=O)N[C@@H](CCO)C(=O)O)=C1CNC1. The van der Waals surface area contributed by atoms with Crippen LogP contribution in [-0.2, 0) is 9.59 Å². The van der Waals surface area contributed by atoms with E-state index in [9.17, 15) is 9.59 Å². The van der Waals surface area contributed by atoms with Crippen LogP contribution in [0.1, 0.15) is 13.3 Å². The summed E-state index contributed by atoms with van der Waals surface area (Å²) < 4.78 is 0. The van der Waals surface area contributed by atoms with Crippen molar-refractivity contribution in [3.05, 3.63) is 11.1 Å². The van der Waals surface area contributed by atoms with E-state index in [4.69, 9.17) is 10.2 Å². The van der Waals surface area contributed by atoms with Crippen LogP contribution in [0.15, 0.2) is 11.1 Å². The van der Waals surface area contributed by atoms with Crippen LogP contribution in [0.5, 0.6) is 0 Å². The van der Waals surface area contributed by atoms with Crippen molar-refractivity contribution in [2.45, 2.75) is 19.4 Å². The summed E-state index contributed by atoms with van der Waals surface area (Å²) in [4.78, 5) is 22.4. The van der Waals surface area contributed by atoms with E-state index in [2.05, 4.69) is 10.6 Å². The molecule has 0 aromatic carbocycles. The maximum Gasteiger partial charge on any atom is 0.326 e. The lowest BCUT2D eigenvalue weighted by Gasteiger charge is -2.22. The number of carbonyl (C=O) groups excluding carboxylic acids is 1. The van der Waals surface area contributed by atoms with E-state index in [1.807, 2.05) is 0 Å². The van der Waals surface area contributed by atoms with Crippen molar-refractivity contribution in [2.75, 3.05) is 19.7 Å². The summed E-state index contributed by atoms with van der Waals surface area (Å²) in [6, 6.07) is -1.03. The zero-order chi connectivity index (χ0) is 12.1. The number of carboxylic acids is 1. The largest absolute Gasteiger partial charge is 0.480 e. The molecule has 0 aromatic heterocycles. The second-order valence-electron chi connectivity index (χ2n) is 3.71. The monoisotopic (exact) mass is 228 g/mol. The topological polar surface area (TPSA) is 98.7 Å². The fourth-order valence-electron chi connectivity index (χ4n) is 1.33. The van der Waals surface area contributed by atoms with E-state index in [-0.39, 0.29) is 18.9 Å². The van der Waals surface area contributed by atoms with Gasteiger partial charge in [0, 0.05) is 31.7 Å². The second kappa shape index (κ2) is 5.62. The zero-order valence-corrected chi connectivity index (χ0v) is 9.12. The number of carboxylic acid groups (broad SMARTS) is 1. The summed E-state index contributed by atoms with van der Waals surface area (Å²) >= 11 is 0. The van der Waals surface area contributed by atoms with E-state index in [1.54, 1.807) is 6.92 Å². The van der Waals surface area contributed by atoms with Gasteiger partial charge in [0.15, 0.2) is 0 Å². The van der Waals surface area contributed by atoms with Crippen LogP contribution in [-0.4, -0.2) is 47.8 Å². The highest BCUT2D eigenvalue weighted by Crippen LogP contribution is 2.09. The number of rotatable bonds is 5. The molecule has 1 aliphatic heterocycles. The summed E-state index contributed by atoms with van der Waals surface area (Å²) in [7, 11) is 0. The van der Waals surface area contributed by atoms with Crippen LogP contribution in [0.3, 0.4) is 0 Å². The molecule has 6 heteroatoms. The van der Waals surface area contributed by atoms with Crippen LogP contribution in [0.2, 0.25) is 0 Å². The third kappa shape index (κ3) is 3.04. The van der Waals surface area contributed by atoms with Gasteiger partial charge in [-0.25, -0.2) is 4.79 Å². The molecule has 0 saturated carbocycles. The van der Waals surface area contributed by atoms with E-state index in [1.165, 1.54) is 0 Å². The van der Waals surface area contributed by atoms with Crippen LogP contribution in [0.4, 0.5) is 0 Å². The molecule has 0 radical (unpaired) electrons. The van der Waals surface area contributed by atoms with Gasteiger partial charge in [0.25, 0.3) is 0 Å². The Morgan fingerprint density at radius 3 is 2.50 bits per heavy atom. The summed E-state index contributed by atoms with van der Waals surface area (Å²) in [5.74, 6) is -1.51. The first-order chi connectivity index (χ1) is 7.56. The Labute approximate surface area is 93.3 Å². The third-order valence-electron chi connectivity index (χ3n) is 2.57. The van der Waals surface area contributed by atoms with Crippen LogP contribution >= 0.6 is 0 Å². The molecule has 1 amide bonds. The summed E-state index contributed by atoms with van der Waals surface area (Å²) in [5.41, 5.74) is 1.55. The standard InChI is InChI=1S/C10H16N2O4/c1-6(7-4-11-5-7)9(14)12-8(2-3-13)10(15)16/h8,11,13H,2-5H2,1H3,(H,12,14)(H,15,16)/t8-/m0/s1. The normalized spacial score (nSPS) is 16.2. The summed E-state index contributed by atoms with van der Waals surface area (Å²) in [5, 5.41) is 22.8. The first kappa shape index (κ1) is 12.7. The maximum absolute atomic E-state index is 11.6. The first-order valence-corrected chi connectivity index (χ1v) is 5.10. The molecule has 0 aliphatic carbocycles. The van der Waals surface area contributed by atoms with Gasteiger partial charge in [-0.15, -0.1) is 0 Å². The second-order valence-corrected chi connectivity index (χ2v) is 3.71. The Kier molecular flexibility index (Phi) is 4.45. The molecule has 1 rings (SSSR count). The highest BCUT2D eigenvalue weighted by molar-refractivity contribution is 5.96. The molecule has 1 atom stereocenters. The minimum absolute atomic E-state index is 0.0158. The Balaban J connectivity index is 2.57. The van der Waals surface area contributed by atoms with Gasteiger partial charge < -0.3 is 20.8 Å². The summed E-state index contributed by atoms with van der Waals surface area (Å²) in [6.07, 6.45) is 0.0158. The van der Waals surface area contributed by atoms with Crippen molar-refractivity contribution < 1.29 is 19.8 Å². The quantitative estimate of drug-likeness (QED) is 0.446. The Morgan fingerprint density at radius 1 is 1.50 bits per heavy atom. The molecule has 0 spiro atoms. The van der Waals surface area contributed by atoms with Gasteiger partial charge >= 0.3 is 5.97 Å². The number of aliphatic hydroxyl groups is 1. The van der Waals surface area contributed by atoms with Gasteiger partial charge in [-0.1, -0.05) is 0 Å². The third-order valence-corrected chi connectivity index (χ3v) is 2.57. The molecular weight excluding hydrogens is 212 g/mol. The van der Waals surface area contributed by atoms with E-state index in [0.717, 1.165) is 5.57 Å². The Hall–Kier alpha value is -1.40. The summed E-state index contributed by atoms with van der Waals surface area (Å²) in [6.45, 7) is 2.76. The molecule has 0 aromatic rings. The molecule has 90 valence electrons. The number of amides is 1. The Bertz CT molecular complexity index is 319. The predicted octanol–water partition coefficient (Wildman–Crippen LogP) is -1.14. The number of carbonyl (C=O) groups is 2. The molecule has 1 fully saturated rings. The van der Waals surface area contributed by atoms with Crippen LogP contribution < -0.4 is 10.6 Å². The molecule has 1 aliphatic rings.